The molecule has 1 aromatic carbocycles. The summed E-state index contributed by atoms with van der Waals surface area (Å²) in [6.07, 6.45) is 1.50. The van der Waals surface area contributed by atoms with Crippen LogP contribution in [0.25, 0.3) is 0 Å². The molecule has 1 aromatic rings. The van der Waals surface area contributed by atoms with E-state index in [0.29, 0.717) is 31.4 Å². The number of carbonyl (C=O) groups excluding carboxylic acids is 2. The lowest BCUT2D eigenvalue weighted by molar-refractivity contribution is -0.147. The zero-order valence-corrected chi connectivity index (χ0v) is 13.2. The van der Waals surface area contributed by atoms with Crippen LogP contribution in [-0.2, 0) is 9.59 Å². The second-order valence-corrected chi connectivity index (χ2v) is 6.72. The molecule has 5 nitrogen and oxygen atoms in total. The number of aliphatic carboxylic acids is 1. The van der Waals surface area contributed by atoms with Gasteiger partial charge in [0.2, 0.25) is 5.91 Å². The van der Waals surface area contributed by atoms with Crippen LogP contribution < -0.4 is 0 Å². The van der Waals surface area contributed by atoms with E-state index in [1.807, 2.05) is 25.1 Å². The van der Waals surface area contributed by atoms with E-state index in [1.165, 1.54) is 0 Å². The average Bonchev–Trinajstić information content (AvgIpc) is 2.54. The van der Waals surface area contributed by atoms with Gasteiger partial charge in [-0.25, -0.2) is 0 Å². The van der Waals surface area contributed by atoms with E-state index in [9.17, 15) is 19.5 Å². The summed E-state index contributed by atoms with van der Waals surface area (Å²) in [5.74, 6) is -1.45. The van der Waals surface area contributed by atoms with Gasteiger partial charge in [0, 0.05) is 25.1 Å². The lowest BCUT2D eigenvalue weighted by Gasteiger charge is -2.37. The van der Waals surface area contributed by atoms with E-state index in [-0.39, 0.29) is 30.1 Å². The third-order valence-electron chi connectivity index (χ3n) is 4.92. The molecule has 2 aliphatic rings. The maximum atomic E-state index is 13.0. The van der Waals surface area contributed by atoms with Crippen molar-refractivity contribution in [1.29, 1.82) is 0 Å². The number of carboxylic acids is 1. The minimum absolute atomic E-state index is 0.0391. The van der Waals surface area contributed by atoms with E-state index in [2.05, 4.69) is 0 Å². The van der Waals surface area contributed by atoms with E-state index >= 15 is 0 Å². The summed E-state index contributed by atoms with van der Waals surface area (Å²) in [6.45, 7) is 2.84. The summed E-state index contributed by atoms with van der Waals surface area (Å²) in [5, 5.41) is 9.28. The minimum atomic E-state index is -0.839. The lowest BCUT2D eigenvalue weighted by atomic mass is 9.80. The first kappa shape index (κ1) is 15.7. The van der Waals surface area contributed by atoms with Crippen LogP contribution in [0, 0.1) is 11.8 Å². The fourth-order valence-electron chi connectivity index (χ4n) is 3.81. The zero-order chi connectivity index (χ0) is 16.6. The van der Waals surface area contributed by atoms with Crippen molar-refractivity contribution < 1.29 is 19.5 Å². The van der Waals surface area contributed by atoms with Crippen LogP contribution in [0.4, 0.5) is 0 Å². The van der Waals surface area contributed by atoms with Crippen molar-refractivity contribution >= 4 is 17.7 Å². The molecule has 1 amide bonds. The number of Topliss-reactive ketones (excluding diaryl/α,β-unsaturated/α-hetero) is 1. The minimum Gasteiger partial charge on any atom is -0.481 e. The first-order valence-electron chi connectivity index (χ1n) is 8.11. The van der Waals surface area contributed by atoms with Gasteiger partial charge in [-0.2, -0.15) is 0 Å². The summed E-state index contributed by atoms with van der Waals surface area (Å²) < 4.78 is 0. The molecule has 1 saturated heterocycles. The number of likely N-dealkylation sites (tertiary alicyclic amines) is 1. The van der Waals surface area contributed by atoms with Gasteiger partial charge >= 0.3 is 5.97 Å². The smallest absolute Gasteiger partial charge is 0.308 e. The second kappa shape index (κ2) is 6.14. The van der Waals surface area contributed by atoms with Gasteiger partial charge in [0.25, 0.3) is 0 Å². The number of hydrogen-bond acceptors (Lipinski definition) is 3. The molecule has 5 heteroatoms. The highest BCUT2D eigenvalue weighted by Crippen LogP contribution is 2.34. The number of carboxylic acid groups (broad SMARTS) is 1. The number of hydrogen-bond donors (Lipinski definition) is 1. The quantitative estimate of drug-likeness (QED) is 0.909. The molecule has 1 aliphatic heterocycles. The predicted octanol–water partition coefficient (Wildman–Crippen LogP) is 2.32. The van der Waals surface area contributed by atoms with Crippen molar-refractivity contribution in [3.8, 4) is 0 Å². The summed E-state index contributed by atoms with van der Waals surface area (Å²) >= 11 is 0. The van der Waals surface area contributed by atoms with Crippen LogP contribution in [0.3, 0.4) is 0 Å². The molecule has 1 heterocycles. The summed E-state index contributed by atoms with van der Waals surface area (Å²) in [7, 11) is 0. The fourth-order valence-corrected chi connectivity index (χ4v) is 3.81. The topological polar surface area (TPSA) is 74.7 Å². The Morgan fingerprint density at radius 1 is 1.22 bits per heavy atom. The fraction of sp³-hybridized carbons (Fsp3) is 0.500. The first-order chi connectivity index (χ1) is 11.0. The Kier molecular flexibility index (Phi) is 4.20. The van der Waals surface area contributed by atoms with Crippen molar-refractivity contribution in [3.05, 3.63) is 35.4 Å². The maximum Gasteiger partial charge on any atom is 0.308 e. The normalized spacial score (nSPS) is 27.4. The highest BCUT2D eigenvalue weighted by Gasteiger charge is 2.37. The highest BCUT2D eigenvalue weighted by atomic mass is 16.4. The Bertz CT molecular complexity index is 654. The van der Waals surface area contributed by atoms with Gasteiger partial charge < -0.3 is 10.0 Å². The Labute approximate surface area is 135 Å². The molecule has 0 radical (unpaired) electrons. The molecule has 3 atom stereocenters. The number of carbonyl (C=O) groups is 3. The van der Waals surface area contributed by atoms with Gasteiger partial charge in [0.05, 0.1) is 11.8 Å². The van der Waals surface area contributed by atoms with Crippen LogP contribution in [0.5, 0.6) is 0 Å². The molecule has 0 spiro atoms. The predicted molar refractivity (Wildman–Crippen MR) is 84.2 cm³/mol. The Morgan fingerprint density at radius 3 is 2.70 bits per heavy atom. The molecule has 23 heavy (non-hydrogen) atoms. The molecule has 3 unspecified atom stereocenters. The van der Waals surface area contributed by atoms with Crippen LogP contribution in [0.15, 0.2) is 24.3 Å². The van der Waals surface area contributed by atoms with Gasteiger partial charge in [-0.05, 0) is 24.3 Å². The monoisotopic (exact) mass is 315 g/mol. The molecule has 0 aromatic heterocycles. The van der Waals surface area contributed by atoms with Gasteiger partial charge in [0.15, 0.2) is 5.78 Å². The van der Waals surface area contributed by atoms with E-state index < -0.39 is 11.9 Å². The van der Waals surface area contributed by atoms with Crippen molar-refractivity contribution in [2.75, 3.05) is 13.1 Å². The van der Waals surface area contributed by atoms with E-state index in [4.69, 9.17) is 0 Å². The van der Waals surface area contributed by atoms with E-state index in [1.54, 1.807) is 11.0 Å². The third-order valence-corrected chi connectivity index (χ3v) is 4.92. The molecular formula is C18H21NO4. The van der Waals surface area contributed by atoms with Gasteiger partial charge in [-0.1, -0.05) is 31.2 Å². The average molecular weight is 315 g/mol. The molecule has 122 valence electrons. The number of fused-ring (bicyclic) bond motifs is 1. The largest absolute Gasteiger partial charge is 0.481 e. The molecule has 0 bridgehead atoms. The highest BCUT2D eigenvalue weighted by molar-refractivity contribution is 6.01. The molecular weight excluding hydrogens is 294 g/mol. The molecule has 1 aliphatic carbocycles. The second-order valence-electron chi connectivity index (χ2n) is 6.72. The molecule has 0 saturated carbocycles. The van der Waals surface area contributed by atoms with Crippen LogP contribution in [0.1, 0.15) is 48.0 Å². The molecule has 3 rings (SSSR count). The third kappa shape index (κ3) is 3.00. The number of benzene rings is 1. The Hall–Kier alpha value is -2.17. The van der Waals surface area contributed by atoms with Crippen LogP contribution in [-0.4, -0.2) is 40.8 Å². The summed E-state index contributed by atoms with van der Waals surface area (Å²) in [6, 6.07) is 7.27. The van der Waals surface area contributed by atoms with Crippen LogP contribution in [0.2, 0.25) is 0 Å². The summed E-state index contributed by atoms with van der Waals surface area (Å²) in [5.41, 5.74) is 1.43. The number of ketones is 1. The zero-order valence-electron chi connectivity index (χ0n) is 13.2. The first-order valence-corrected chi connectivity index (χ1v) is 8.11. The number of piperidine rings is 1. The molecule has 1 fully saturated rings. The Morgan fingerprint density at radius 2 is 1.96 bits per heavy atom. The van der Waals surface area contributed by atoms with Gasteiger partial charge in [0.1, 0.15) is 0 Å². The Balaban J connectivity index is 1.84. The van der Waals surface area contributed by atoms with Crippen molar-refractivity contribution in [2.24, 2.45) is 11.8 Å². The van der Waals surface area contributed by atoms with Crippen molar-refractivity contribution in [3.63, 3.8) is 0 Å². The van der Waals surface area contributed by atoms with Crippen molar-refractivity contribution in [1.82, 2.24) is 4.90 Å². The number of amides is 1. The maximum absolute atomic E-state index is 13.0. The molecule has 1 N–H and O–H groups in total. The number of rotatable bonds is 2. The SMILES string of the molecule is CC1CC(C(=O)O)CN(C(=O)C2CCC(=O)c3ccccc32)C1. The number of nitrogens with zero attached hydrogens (tertiary/aromatic N) is 1. The van der Waals surface area contributed by atoms with Gasteiger partial charge in [-0.15, -0.1) is 0 Å². The van der Waals surface area contributed by atoms with Crippen molar-refractivity contribution in [2.45, 2.75) is 32.1 Å². The van der Waals surface area contributed by atoms with Crippen LogP contribution >= 0.6 is 0 Å². The lowest BCUT2D eigenvalue weighted by Crippen LogP contribution is -2.47. The van der Waals surface area contributed by atoms with Gasteiger partial charge in [-0.3, -0.25) is 14.4 Å². The van der Waals surface area contributed by atoms with E-state index in [0.717, 1.165) is 5.56 Å². The summed E-state index contributed by atoms with van der Waals surface area (Å²) in [4.78, 5) is 38.0. The standard InChI is InChI=1S/C18H21NO4/c1-11-8-12(18(22)23)10-19(9-11)17(21)15-6-7-16(20)14-5-3-2-4-13(14)15/h2-5,11-12,15H,6-10H2,1H3,(H,22,23).